The summed E-state index contributed by atoms with van der Waals surface area (Å²) >= 11 is 0. The summed E-state index contributed by atoms with van der Waals surface area (Å²) in [4.78, 5) is 15.8. The molecule has 0 saturated heterocycles. The van der Waals surface area contributed by atoms with E-state index in [9.17, 15) is 4.79 Å². The number of nitrogens with zero attached hydrogens (tertiary/aromatic N) is 3. The number of hydrogen-bond donors (Lipinski definition) is 0. The van der Waals surface area contributed by atoms with Crippen molar-refractivity contribution in [3.8, 4) is 5.69 Å². The highest BCUT2D eigenvalue weighted by molar-refractivity contribution is 5.28. The Balaban J connectivity index is 2.43. The van der Waals surface area contributed by atoms with Crippen LogP contribution in [0.4, 0.5) is 0 Å². The number of hydrogen-bond acceptors (Lipinski definition) is 3. The van der Waals surface area contributed by atoms with Crippen LogP contribution < -0.4 is 5.56 Å². The van der Waals surface area contributed by atoms with Gasteiger partial charge in [0, 0.05) is 18.0 Å². The fourth-order valence-corrected chi connectivity index (χ4v) is 1.42. The molecule has 0 aliphatic rings. The van der Waals surface area contributed by atoms with Crippen molar-refractivity contribution < 1.29 is 0 Å². The van der Waals surface area contributed by atoms with Crippen molar-refractivity contribution in [3.63, 3.8) is 0 Å². The Morgan fingerprint density at radius 3 is 2.62 bits per heavy atom. The Kier molecular flexibility index (Phi) is 2.81. The number of pyridine rings is 1. The summed E-state index contributed by atoms with van der Waals surface area (Å²) in [6.07, 6.45) is 3.25. The quantitative estimate of drug-likeness (QED) is 0.766. The largest absolute Gasteiger partial charge is 0.271 e. The van der Waals surface area contributed by atoms with E-state index in [-0.39, 0.29) is 5.56 Å². The zero-order valence-corrected chi connectivity index (χ0v) is 9.29. The smallest absolute Gasteiger partial charge is 0.267 e. The van der Waals surface area contributed by atoms with Gasteiger partial charge in [0.15, 0.2) is 0 Å². The van der Waals surface area contributed by atoms with Crippen LogP contribution in [-0.2, 0) is 0 Å². The normalized spacial score (nSPS) is 10.7. The molecule has 0 atom stereocenters. The molecular formula is C12H13N3O. The fourth-order valence-electron chi connectivity index (χ4n) is 1.42. The van der Waals surface area contributed by atoms with Crippen LogP contribution in [0.15, 0.2) is 41.5 Å². The van der Waals surface area contributed by atoms with Crippen LogP contribution in [0.1, 0.15) is 25.5 Å². The fraction of sp³-hybridized carbons (Fsp3) is 0.250. The van der Waals surface area contributed by atoms with Crippen molar-refractivity contribution in [2.24, 2.45) is 0 Å². The van der Waals surface area contributed by atoms with Crippen LogP contribution in [0.5, 0.6) is 0 Å². The lowest BCUT2D eigenvalue weighted by Crippen LogP contribution is -2.19. The van der Waals surface area contributed by atoms with Gasteiger partial charge in [-0.3, -0.25) is 9.78 Å². The molecule has 0 unspecified atom stereocenters. The highest BCUT2D eigenvalue weighted by Crippen LogP contribution is 2.12. The van der Waals surface area contributed by atoms with Gasteiger partial charge in [0.2, 0.25) is 0 Å². The highest BCUT2D eigenvalue weighted by Gasteiger charge is 2.03. The Morgan fingerprint density at radius 1 is 1.25 bits per heavy atom. The molecule has 0 amide bonds. The Labute approximate surface area is 93.6 Å². The maximum absolute atomic E-state index is 11.5. The van der Waals surface area contributed by atoms with E-state index in [1.54, 1.807) is 18.5 Å². The summed E-state index contributed by atoms with van der Waals surface area (Å²) in [6.45, 7) is 4.16. The molecule has 0 aliphatic heterocycles. The molecule has 0 aliphatic carbocycles. The topological polar surface area (TPSA) is 47.8 Å². The standard InChI is InChI=1S/C12H13N3O/c1-9(2)11-6-5-10(8-13-11)15-12(16)4-3-7-14-15/h3-9H,1-2H3. The summed E-state index contributed by atoms with van der Waals surface area (Å²) in [6, 6.07) is 6.87. The van der Waals surface area contributed by atoms with E-state index in [0.717, 1.165) is 5.69 Å². The third-order valence-electron chi connectivity index (χ3n) is 2.32. The molecule has 0 N–H and O–H groups in total. The summed E-state index contributed by atoms with van der Waals surface area (Å²) < 4.78 is 1.33. The molecule has 16 heavy (non-hydrogen) atoms. The van der Waals surface area contributed by atoms with E-state index in [1.807, 2.05) is 12.1 Å². The molecular weight excluding hydrogens is 202 g/mol. The molecule has 2 aromatic rings. The molecule has 4 heteroatoms. The lowest BCUT2D eigenvalue weighted by atomic mass is 10.1. The predicted molar refractivity (Wildman–Crippen MR) is 61.7 cm³/mol. The van der Waals surface area contributed by atoms with Gasteiger partial charge in [-0.25, -0.2) is 0 Å². The maximum Gasteiger partial charge on any atom is 0.271 e. The van der Waals surface area contributed by atoms with Crippen molar-refractivity contribution in [2.75, 3.05) is 0 Å². The molecule has 2 aromatic heterocycles. The van der Waals surface area contributed by atoms with Crippen molar-refractivity contribution in [3.05, 3.63) is 52.7 Å². The van der Waals surface area contributed by atoms with E-state index in [1.165, 1.54) is 10.7 Å². The zero-order chi connectivity index (χ0) is 11.5. The molecule has 0 aromatic carbocycles. The highest BCUT2D eigenvalue weighted by atomic mass is 16.1. The van der Waals surface area contributed by atoms with Crippen LogP contribution in [0.3, 0.4) is 0 Å². The first-order valence-electron chi connectivity index (χ1n) is 5.19. The van der Waals surface area contributed by atoms with Crippen LogP contribution in [0.2, 0.25) is 0 Å². The van der Waals surface area contributed by atoms with Gasteiger partial charge in [-0.15, -0.1) is 0 Å². The Bertz CT molecular complexity index is 528. The lowest BCUT2D eigenvalue weighted by molar-refractivity contribution is 0.784. The minimum Gasteiger partial charge on any atom is -0.267 e. The van der Waals surface area contributed by atoms with E-state index >= 15 is 0 Å². The SMILES string of the molecule is CC(C)c1ccc(-n2ncccc2=O)cn1. The number of rotatable bonds is 2. The van der Waals surface area contributed by atoms with E-state index in [0.29, 0.717) is 11.6 Å². The first kappa shape index (κ1) is 10.5. The Morgan fingerprint density at radius 2 is 2.06 bits per heavy atom. The average molecular weight is 215 g/mol. The van der Waals surface area contributed by atoms with Gasteiger partial charge in [0.1, 0.15) is 0 Å². The minimum absolute atomic E-state index is 0.151. The molecule has 4 nitrogen and oxygen atoms in total. The van der Waals surface area contributed by atoms with Gasteiger partial charge in [0.05, 0.1) is 11.9 Å². The van der Waals surface area contributed by atoms with Crippen molar-refractivity contribution in [2.45, 2.75) is 19.8 Å². The first-order chi connectivity index (χ1) is 7.68. The van der Waals surface area contributed by atoms with Crippen LogP contribution in [0, 0.1) is 0 Å². The van der Waals surface area contributed by atoms with Crippen LogP contribution in [-0.4, -0.2) is 14.8 Å². The van der Waals surface area contributed by atoms with Gasteiger partial charge in [-0.05, 0) is 24.1 Å². The zero-order valence-electron chi connectivity index (χ0n) is 9.29. The molecule has 0 radical (unpaired) electrons. The van der Waals surface area contributed by atoms with Crippen LogP contribution >= 0.6 is 0 Å². The van der Waals surface area contributed by atoms with Gasteiger partial charge in [-0.2, -0.15) is 9.78 Å². The predicted octanol–water partition coefficient (Wildman–Crippen LogP) is 1.75. The van der Waals surface area contributed by atoms with Gasteiger partial charge < -0.3 is 0 Å². The molecule has 0 bridgehead atoms. The van der Waals surface area contributed by atoms with Crippen LogP contribution in [0.25, 0.3) is 5.69 Å². The molecule has 0 spiro atoms. The molecule has 2 rings (SSSR count). The number of aromatic nitrogens is 3. The minimum atomic E-state index is -0.151. The molecule has 0 saturated carbocycles. The first-order valence-corrected chi connectivity index (χ1v) is 5.19. The van der Waals surface area contributed by atoms with Crippen molar-refractivity contribution in [1.29, 1.82) is 0 Å². The van der Waals surface area contributed by atoms with E-state index in [2.05, 4.69) is 23.9 Å². The van der Waals surface area contributed by atoms with Gasteiger partial charge >= 0.3 is 0 Å². The summed E-state index contributed by atoms with van der Waals surface area (Å²) in [5.74, 6) is 0.384. The average Bonchev–Trinajstić information content (AvgIpc) is 2.30. The summed E-state index contributed by atoms with van der Waals surface area (Å²) in [7, 11) is 0. The summed E-state index contributed by atoms with van der Waals surface area (Å²) in [5, 5.41) is 3.99. The monoisotopic (exact) mass is 215 g/mol. The van der Waals surface area contributed by atoms with Gasteiger partial charge in [0.25, 0.3) is 5.56 Å². The van der Waals surface area contributed by atoms with Crippen molar-refractivity contribution >= 4 is 0 Å². The lowest BCUT2D eigenvalue weighted by Gasteiger charge is -2.06. The van der Waals surface area contributed by atoms with E-state index in [4.69, 9.17) is 0 Å². The van der Waals surface area contributed by atoms with E-state index < -0.39 is 0 Å². The molecule has 2 heterocycles. The second-order valence-electron chi connectivity index (χ2n) is 3.87. The maximum atomic E-state index is 11.5. The third kappa shape index (κ3) is 2.00. The molecule has 82 valence electrons. The Hall–Kier alpha value is -1.97. The second kappa shape index (κ2) is 4.26. The van der Waals surface area contributed by atoms with Gasteiger partial charge in [-0.1, -0.05) is 13.8 Å². The summed E-state index contributed by atoms with van der Waals surface area (Å²) in [5.41, 5.74) is 1.55. The third-order valence-corrected chi connectivity index (χ3v) is 2.32. The molecule has 0 fully saturated rings. The van der Waals surface area contributed by atoms with Crippen molar-refractivity contribution in [1.82, 2.24) is 14.8 Å². The second-order valence-corrected chi connectivity index (χ2v) is 3.87.